The molecule has 2 aliphatic rings. The van der Waals surface area contributed by atoms with Crippen molar-refractivity contribution in [3.05, 3.63) is 35.4 Å². The van der Waals surface area contributed by atoms with Gasteiger partial charge in [0.1, 0.15) is 0 Å². The molecule has 1 aliphatic heterocycles. The standard InChI is InChI=1S/C17H25NO2/c1-12-3-2-4-13(9-12)16(19)7-8-18-10-14-5-6-17(20)15(14)11-18/h2-4,9,14-17,19-20H,5-8,10-11H2,1H3. The summed E-state index contributed by atoms with van der Waals surface area (Å²) >= 11 is 0. The van der Waals surface area contributed by atoms with E-state index in [2.05, 4.69) is 24.0 Å². The molecule has 1 heterocycles. The van der Waals surface area contributed by atoms with Crippen LogP contribution in [0.3, 0.4) is 0 Å². The van der Waals surface area contributed by atoms with Crippen molar-refractivity contribution < 1.29 is 10.2 Å². The number of likely N-dealkylation sites (tertiary alicyclic amines) is 1. The Labute approximate surface area is 121 Å². The lowest BCUT2D eigenvalue weighted by Crippen LogP contribution is -2.26. The van der Waals surface area contributed by atoms with Crippen LogP contribution in [0.25, 0.3) is 0 Å². The number of aliphatic hydroxyl groups is 2. The second-order valence-electron chi connectivity index (χ2n) is 6.55. The van der Waals surface area contributed by atoms with E-state index in [4.69, 9.17) is 0 Å². The van der Waals surface area contributed by atoms with Crippen LogP contribution in [0.5, 0.6) is 0 Å². The number of hydrogen-bond donors (Lipinski definition) is 2. The van der Waals surface area contributed by atoms with Crippen molar-refractivity contribution in [1.82, 2.24) is 4.90 Å². The highest BCUT2D eigenvalue weighted by atomic mass is 16.3. The summed E-state index contributed by atoms with van der Waals surface area (Å²) in [6.07, 6.45) is 2.46. The second kappa shape index (κ2) is 5.84. The molecule has 1 aromatic rings. The number of rotatable bonds is 4. The molecule has 0 bridgehead atoms. The third-order valence-corrected chi connectivity index (χ3v) is 5.04. The minimum atomic E-state index is -0.375. The molecule has 1 saturated heterocycles. The molecular weight excluding hydrogens is 250 g/mol. The molecule has 0 spiro atoms. The van der Waals surface area contributed by atoms with Crippen molar-refractivity contribution in [2.24, 2.45) is 11.8 Å². The highest BCUT2D eigenvalue weighted by molar-refractivity contribution is 5.24. The molecule has 1 aromatic carbocycles. The number of fused-ring (bicyclic) bond motifs is 1. The summed E-state index contributed by atoms with van der Waals surface area (Å²) in [5.41, 5.74) is 2.21. The molecule has 1 aliphatic carbocycles. The summed E-state index contributed by atoms with van der Waals surface area (Å²) in [4.78, 5) is 2.41. The van der Waals surface area contributed by atoms with Gasteiger partial charge in [0.15, 0.2) is 0 Å². The van der Waals surface area contributed by atoms with Crippen LogP contribution >= 0.6 is 0 Å². The normalized spacial score (nSPS) is 31.4. The fourth-order valence-corrected chi connectivity index (χ4v) is 3.86. The first-order valence-electron chi connectivity index (χ1n) is 7.78. The lowest BCUT2D eigenvalue weighted by atomic mass is 10.00. The Morgan fingerprint density at radius 2 is 2.15 bits per heavy atom. The first-order chi connectivity index (χ1) is 9.63. The molecule has 20 heavy (non-hydrogen) atoms. The fraction of sp³-hybridized carbons (Fsp3) is 0.647. The molecule has 0 radical (unpaired) electrons. The molecule has 2 fully saturated rings. The molecule has 2 N–H and O–H groups in total. The summed E-state index contributed by atoms with van der Waals surface area (Å²) < 4.78 is 0. The topological polar surface area (TPSA) is 43.7 Å². The Hall–Kier alpha value is -0.900. The lowest BCUT2D eigenvalue weighted by Gasteiger charge is -2.20. The van der Waals surface area contributed by atoms with Gasteiger partial charge in [-0.25, -0.2) is 0 Å². The average molecular weight is 275 g/mol. The van der Waals surface area contributed by atoms with Gasteiger partial charge in [-0.2, -0.15) is 0 Å². The molecule has 3 rings (SSSR count). The van der Waals surface area contributed by atoms with Crippen LogP contribution < -0.4 is 0 Å². The number of benzene rings is 1. The van der Waals surface area contributed by atoms with E-state index >= 15 is 0 Å². The van der Waals surface area contributed by atoms with Crippen LogP contribution in [0.1, 0.15) is 36.5 Å². The van der Waals surface area contributed by atoms with E-state index < -0.39 is 0 Å². The zero-order valence-electron chi connectivity index (χ0n) is 12.2. The average Bonchev–Trinajstić information content (AvgIpc) is 2.98. The Morgan fingerprint density at radius 3 is 2.90 bits per heavy atom. The molecule has 0 aromatic heterocycles. The van der Waals surface area contributed by atoms with Crippen LogP contribution in [-0.2, 0) is 0 Å². The van der Waals surface area contributed by atoms with E-state index in [9.17, 15) is 10.2 Å². The maximum atomic E-state index is 10.3. The Morgan fingerprint density at radius 1 is 1.30 bits per heavy atom. The zero-order chi connectivity index (χ0) is 14.1. The molecule has 3 nitrogen and oxygen atoms in total. The molecule has 1 saturated carbocycles. The van der Waals surface area contributed by atoms with Crippen molar-refractivity contribution in [3.63, 3.8) is 0 Å². The second-order valence-corrected chi connectivity index (χ2v) is 6.55. The van der Waals surface area contributed by atoms with Gasteiger partial charge in [0, 0.05) is 25.6 Å². The summed E-state index contributed by atoms with van der Waals surface area (Å²) in [5, 5.41) is 20.2. The minimum absolute atomic E-state index is 0.0910. The van der Waals surface area contributed by atoms with Gasteiger partial charge in [-0.1, -0.05) is 29.8 Å². The van der Waals surface area contributed by atoms with Crippen molar-refractivity contribution in [2.75, 3.05) is 19.6 Å². The third-order valence-electron chi connectivity index (χ3n) is 5.04. The van der Waals surface area contributed by atoms with E-state index in [0.717, 1.165) is 38.0 Å². The number of aryl methyl sites for hydroxylation is 1. The maximum Gasteiger partial charge on any atom is 0.0802 e. The van der Waals surface area contributed by atoms with Gasteiger partial charge in [-0.05, 0) is 37.7 Å². The van der Waals surface area contributed by atoms with Crippen molar-refractivity contribution >= 4 is 0 Å². The van der Waals surface area contributed by atoms with Gasteiger partial charge in [-0.15, -0.1) is 0 Å². The SMILES string of the molecule is Cc1cccc(C(O)CCN2CC3CCC(O)C3C2)c1. The quantitative estimate of drug-likeness (QED) is 0.884. The molecule has 110 valence electrons. The summed E-state index contributed by atoms with van der Waals surface area (Å²) in [6.45, 7) is 5.09. The van der Waals surface area contributed by atoms with Crippen LogP contribution in [0.2, 0.25) is 0 Å². The van der Waals surface area contributed by atoms with Crippen LogP contribution in [0.4, 0.5) is 0 Å². The first-order valence-corrected chi connectivity index (χ1v) is 7.78. The van der Waals surface area contributed by atoms with Gasteiger partial charge >= 0.3 is 0 Å². The predicted octanol–water partition coefficient (Wildman–Crippen LogP) is 2.12. The molecule has 4 unspecified atom stereocenters. The van der Waals surface area contributed by atoms with Gasteiger partial charge in [-0.3, -0.25) is 0 Å². The summed E-state index contributed by atoms with van der Waals surface area (Å²) in [5.74, 6) is 1.16. The fourth-order valence-electron chi connectivity index (χ4n) is 3.86. The van der Waals surface area contributed by atoms with E-state index in [-0.39, 0.29) is 12.2 Å². The Kier molecular flexibility index (Phi) is 4.11. The first kappa shape index (κ1) is 14.1. The Bertz CT molecular complexity index is 462. The van der Waals surface area contributed by atoms with Gasteiger partial charge < -0.3 is 15.1 Å². The third kappa shape index (κ3) is 2.90. The van der Waals surface area contributed by atoms with E-state index in [1.807, 2.05) is 12.1 Å². The Balaban J connectivity index is 1.50. The van der Waals surface area contributed by atoms with Gasteiger partial charge in [0.25, 0.3) is 0 Å². The smallest absolute Gasteiger partial charge is 0.0802 e. The van der Waals surface area contributed by atoms with Gasteiger partial charge in [0.2, 0.25) is 0 Å². The number of aliphatic hydroxyl groups excluding tert-OH is 2. The zero-order valence-corrected chi connectivity index (χ0v) is 12.2. The van der Waals surface area contributed by atoms with Crippen LogP contribution in [-0.4, -0.2) is 40.9 Å². The summed E-state index contributed by atoms with van der Waals surface area (Å²) in [6, 6.07) is 8.12. The van der Waals surface area contributed by atoms with E-state index in [0.29, 0.717) is 11.8 Å². The highest BCUT2D eigenvalue weighted by Gasteiger charge is 2.41. The molecule has 0 amide bonds. The monoisotopic (exact) mass is 275 g/mol. The predicted molar refractivity (Wildman–Crippen MR) is 79.4 cm³/mol. The lowest BCUT2D eigenvalue weighted by molar-refractivity contribution is 0.117. The minimum Gasteiger partial charge on any atom is -0.393 e. The number of nitrogens with zero attached hydrogens (tertiary/aromatic N) is 1. The van der Waals surface area contributed by atoms with Crippen molar-refractivity contribution in [2.45, 2.75) is 38.4 Å². The van der Waals surface area contributed by atoms with Crippen LogP contribution in [0.15, 0.2) is 24.3 Å². The van der Waals surface area contributed by atoms with Crippen molar-refractivity contribution in [3.8, 4) is 0 Å². The molecule has 3 heteroatoms. The number of hydrogen-bond acceptors (Lipinski definition) is 3. The molecule has 4 atom stereocenters. The largest absolute Gasteiger partial charge is 0.393 e. The molecular formula is C17H25NO2. The van der Waals surface area contributed by atoms with Crippen LogP contribution in [0, 0.1) is 18.8 Å². The summed E-state index contributed by atoms with van der Waals surface area (Å²) in [7, 11) is 0. The van der Waals surface area contributed by atoms with E-state index in [1.165, 1.54) is 12.0 Å². The van der Waals surface area contributed by atoms with Crippen molar-refractivity contribution in [1.29, 1.82) is 0 Å². The van der Waals surface area contributed by atoms with E-state index in [1.54, 1.807) is 0 Å². The maximum absolute atomic E-state index is 10.3. The highest BCUT2D eigenvalue weighted by Crippen LogP contribution is 2.38. The van der Waals surface area contributed by atoms with Gasteiger partial charge in [0.05, 0.1) is 12.2 Å².